The van der Waals surface area contributed by atoms with Gasteiger partial charge in [-0.05, 0) is 6.07 Å². The van der Waals surface area contributed by atoms with Crippen molar-refractivity contribution in [2.75, 3.05) is 11.2 Å². The fraction of sp³-hybridized carbons (Fsp3) is 0. The molecule has 10 heteroatoms. The molecule has 104 valence electrons. The monoisotopic (exact) mass is 331 g/mol. The zero-order chi connectivity index (χ0) is 14.7. The molecule has 0 saturated heterocycles. The predicted molar refractivity (Wildman–Crippen MR) is 80.9 cm³/mol. The Labute approximate surface area is 127 Å². The molecule has 0 aliphatic carbocycles. The fourth-order valence-corrected chi connectivity index (χ4v) is 2.39. The second kappa shape index (κ2) is 6.04. The van der Waals surface area contributed by atoms with E-state index in [0.29, 0.717) is 10.9 Å². The summed E-state index contributed by atoms with van der Waals surface area (Å²) in [6.07, 6.45) is 1.29. The minimum absolute atomic E-state index is 0.0771. The Morgan fingerprint density at radius 1 is 1.50 bits per heavy atom. The first-order valence-corrected chi connectivity index (χ1v) is 6.75. The lowest BCUT2D eigenvalue weighted by Crippen LogP contribution is -1.96. The van der Waals surface area contributed by atoms with E-state index in [2.05, 4.69) is 15.5 Å². The number of nitrogen functional groups attached to an aromatic ring is 1. The first-order valence-electron chi connectivity index (χ1n) is 5.11. The molecular weight excluding hydrogens is 325 g/mol. The third-order valence-electron chi connectivity index (χ3n) is 2.18. The SMILES string of the molecule is Nc1csc(NN=Cc2c(Cl)ccc([N+](=O)[O-])c2Cl)n1. The van der Waals surface area contributed by atoms with Crippen LogP contribution >= 0.6 is 34.5 Å². The van der Waals surface area contributed by atoms with Crippen LogP contribution in [-0.2, 0) is 0 Å². The van der Waals surface area contributed by atoms with Crippen molar-refractivity contribution < 1.29 is 4.92 Å². The minimum atomic E-state index is -0.592. The van der Waals surface area contributed by atoms with Crippen molar-refractivity contribution in [1.29, 1.82) is 0 Å². The van der Waals surface area contributed by atoms with Crippen molar-refractivity contribution in [3.63, 3.8) is 0 Å². The Balaban J connectivity index is 2.24. The molecule has 0 saturated carbocycles. The number of anilines is 2. The fourth-order valence-electron chi connectivity index (χ4n) is 1.31. The van der Waals surface area contributed by atoms with E-state index in [-0.39, 0.29) is 21.3 Å². The first kappa shape index (κ1) is 14.5. The maximum Gasteiger partial charge on any atom is 0.288 e. The van der Waals surface area contributed by atoms with Gasteiger partial charge in [-0.25, -0.2) is 4.98 Å². The van der Waals surface area contributed by atoms with E-state index < -0.39 is 4.92 Å². The Kier molecular flexibility index (Phi) is 4.38. The van der Waals surface area contributed by atoms with Crippen LogP contribution in [0.25, 0.3) is 0 Å². The number of aromatic nitrogens is 1. The van der Waals surface area contributed by atoms with E-state index in [1.807, 2.05) is 0 Å². The molecule has 0 bridgehead atoms. The molecule has 0 fully saturated rings. The summed E-state index contributed by atoms with van der Waals surface area (Å²) < 4.78 is 0. The molecule has 3 N–H and O–H groups in total. The molecule has 0 atom stereocenters. The van der Waals surface area contributed by atoms with Crippen LogP contribution in [0.5, 0.6) is 0 Å². The number of benzene rings is 1. The van der Waals surface area contributed by atoms with Crippen LogP contribution in [0.15, 0.2) is 22.6 Å². The van der Waals surface area contributed by atoms with Crippen molar-refractivity contribution in [3.05, 3.63) is 43.2 Å². The van der Waals surface area contributed by atoms with Crippen LogP contribution in [0.3, 0.4) is 0 Å². The first-order chi connectivity index (χ1) is 9.49. The number of hydrogen-bond acceptors (Lipinski definition) is 7. The molecule has 0 spiro atoms. The van der Waals surface area contributed by atoms with E-state index in [4.69, 9.17) is 28.9 Å². The summed E-state index contributed by atoms with van der Waals surface area (Å²) in [7, 11) is 0. The summed E-state index contributed by atoms with van der Waals surface area (Å²) >= 11 is 13.1. The molecule has 1 aromatic heterocycles. The Hall–Kier alpha value is -1.90. The molecular formula is C10H7Cl2N5O2S. The molecule has 0 amide bonds. The highest BCUT2D eigenvalue weighted by atomic mass is 35.5. The van der Waals surface area contributed by atoms with Crippen LogP contribution in [0.4, 0.5) is 16.6 Å². The lowest BCUT2D eigenvalue weighted by Gasteiger charge is -2.02. The highest BCUT2D eigenvalue weighted by molar-refractivity contribution is 7.14. The third-order valence-corrected chi connectivity index (χ3v) is 3.67. The van der Waals surface area contributed by atoms with Crippen LogP contribution in [0.1, 0.15) is 5.56 Å². The van der Waals surface area contributed by atoms with Crippen LogP contribution in [0, 0.1) is 10.1 Å². The van der Waals surface area contributed by atoms with Gasteiger partial charge in [0.2, 0.25) is 5.13 Å². The standard InChI is InChI=1S/C10H7Cl2N5O2S/c11-6-1-2-7(17(18)19)9(12)5(6)3-14-16-10-15-8(13)4-20-10/h1-4H,13H2,(H,15,16). The highest BCUT2D eigenvalue weighted by Crippen LogP contribution is 2.31. The highest BCUT2D eigenvalue weighted by Gasteiger charge is 2.17. The molecule has 2 rings (SSSR count). The number of nitro groups is 1. The molecule has 2 aromatic rings. The van der Waals surface area contributed by atoms with Crippen molar-refractivity contribution in [1.82, 2.24) is 4.98 Å². The maximum absolute atomic E-state index is 10.8. The van der Waals surface area contributed by atoms with Gasteiger partial charge in [0, 0.05) is 17.0 Å². The number of halogens is 2. The molecule has 1 heterocycles. The van der Waals surface area contributed by atoms with E-state index in [1.165, 1.54) is 29.7 Å². The normalized spacial score (nSPS) is 10.9. The molecule has 20 heavy (non-hydrogen) atoms. The van der Waals surface area contributed by atoms with E-state index in [1.54, 1.807) is 5.38 Å². The van der Waals surface area contributed by atoms with Crippen molar-refractivity contribution >= 4 is 57.4 Å². The van der Waals surface area contributed by atoms with Gasteiger partial charge in [0.15, 0.2) is 0 Å². The number of nitrogens with one attached hydrogen (secondary N) is 1. The minimum Gasteiger partial charge on any atom is -0.383 e. The smallest absolute Gasteiger partial charge is 0.288 e. The lowest BCUT2D eigenvalue weighted by atomic mass is 10.2. The number of rotatable bonds is 4. The quantitative estimate of drug-likeness (QED) is 0.507. The summed E-state index contributed by atoms with van der Waals surface area (Å²) in [5.41, 5.74) is 8.09. The van der Waals surface area contributed by atoms with Crippen LogP contribution in [-0.4, -0.2) is 16.1 Å². The number of nitrogens with two attached hydrogens (primary N) is 1. The molecule has 0 aliphatic rings. The number of hydrazone groups is 1. The van der Waals surface area contributed by atoms with Gasteiger partial charge < -0.3 is 5.73 Å². The van der Waals surface area contributed by atoms with Crippen LogP contribution in [0.2, 0.25) is 10.0 Å². The van der Waals surface area contributed by atoms with Crippen molar-refractivity contribution in [3.8, 4) is 0 Å². The third kappa shape index (κ3) is 3.16. The number of nitro benzene ring substituents is 1. The summed E-state index contributed by atoms with van der Waals surface area (Å²) in [6.45, 7) is 0. The number of thiazole rings is 1. The largest absolute Gasteiger partial charge is 0.383 e. The molecule has 0 aliphatic heterocycles. The van der Waals surface area contributed by atoms with Gasteiger partial charge in [-0.2, -0.15) is 5.10 Å². The zero-order valence-corrected chi connectivity index (χ0v) is 12.0. The summed E-state index contributed by atoms with van der Waals surface area (Å²) in [4.78, 5) is 14.1. The lowest BCUT2D eigenvalue weighted by molar-refractivity contribution is -0.384. The van der Waals surface area contributed by atoms with Gasteiger partial charge in [0.25, 0.3) is 5.69 Å². The summed E-state index contributed by atoms with van der Waals surface area (Å²) in [6, 6.07) is 2.62. The van der Waals surface area contributed by atoms with Gasteiger partial charge in [-0.1, -0.05) is 23.2 Å². The van der Waals surface area contributed by atoms with Gasteiger partial charge in [0.1, 0.15) is 10.8 Å². The van der Waals surface area contributed by atoms with Crippen LogP contribution < -0.4 is 11.2 Å². The average molecular weight is 332 g/mol. The average Bonchev–Trinajstić information content (AvgIpc) is 2.78. The second-order valence-electron chi connectivity index (χ2n) is 3.50. The van der Waals surface area contributed by atoms with Crippen molar-refractivity contribution in [2.45, 2.75) is 0 Å². The van der Waals surface area contributed by atoms with E-state index in [9.17, 15) is 10.1 Å². The summed E-state index contributed by atoms with van der Waals surface area (Å²) in [5.74, 6) is 0.374. The van der Waals surface area contributed by atoms with E-state index >= 15 is 0 Å². The molecule has 1 aromatic carbocycles. The molecule has 7 nitrogen and oxygen atoms in total. The number of nitrogens with zero attached hydrogens (tertiary/aromatic N) is 3. The Bertz CT molecular complexity index is 688. The van der Waals surface area contributed by atoms with Gasteiger partial charge in [0.05, 0.1) is 16.2 Å². The maximum atomic E-state index is 10.8. The Morgan fingerprint density at radius 3 is 2.85 bits per heavy atom. The molecule has 0 radical (unpaired) electrons. The Morgan fingerprint density at radius 2 is 2.25 bits per heavy atom. The second-order valence-corrected chi connectivity index (χ2v) is 5.14. The van der Waals surface area contributed by atoms with Gasteiger partial charge >= 0.3 is 0 Å². The van der Waals surface area contributed by atoms with E-state index in [0.717, 1.165) is 0 Å². The zero-order valence-electron chi connectivity index (χ0n) is 9.71. The summed E-state index contributed by atoms with van der Waals surface area (Å²) in [5, 5.41) is 17.0. The molecule has 0 unspecified atom stereocenters. The van der Waals surface area contributed by atoms with Gasteiger partial charge in [-0.3, -0.25) is 15.5 Å². The topological polar surface area (TPSA) is 106 Å². The van der Waals surface area contributed by atoms with Crippen molar-refractivity contribution in [2.24, 2.45) is 5.10 Å². The number of hydrogen-bond donors (Lipinski definition) is 2. The van der Waals surface area contributed by atoms with Gasteiger partial charge in [-0.15, -0.1) is 11.3 Å². The predicted octanol–water partition coefficient (Wildman–Crippen LogP) is 3.39.